The van der Waals surface area contributed by atoms with Gasteiger partial charge >= 0.3 is 0 Å². The van der Waals surface area contributed by atoms with Gasteiger partial charge in [0.2, 0.25) is 0 Å². The summed E-state index contributed by atoms with van der Waals surface area (Å²) in [5.74, 6) is 0. The quantitative estimate of drug-likeness (QED) is 0.546. The van der Waals surface area contributed by atoms with Gasteiger partial charge in [0.1, 0.15) is 0 Å². The van der Waals surface area contributed by atoms with Crippen molar-refractivity contribution in [3.8, 4) is 0 Å². The monoisotopic (exact) mass is 242 g/mol. The standard InChI is InChI=1S/C13H30Si2/c1-7-13(8-2,9-3)15(12-6)14(10-4)11-5/h7-12H2,1-6H3. The van der Waals surface area contributed by atoms with Gasteiger partial charge in [0.25, 0.3) is 0 Å². The summed E-state index contributed by atoms with van der Waals surface area (Å²) in [5, 5.41) is 0.764. The summed E-state index contributed by atoms with van der Waals surface area (Å²) in [7, 11) is -0.0758. The number of rotatable bonds is 7. The highest BCUT2D eigenvalue weighted by Crippen LogP contribution is 2.40. The molecule has 0 spiro atoms. The van der Waals surface area contributed by atoms with Crippen molar-refractivity contribution in [3.63, 3.8) is 0 Å². The molecule has 0 aromatic carbocycles. The number of hydrogen-bond donors (Lipinski definition) is 0. The van der Waals surface area contributed by atoms with Crippen LogP contribution in [0, 0.1) is 0 Å². The molecule has 0 amide bonds. The zero-order chi connectivity index (χ0) is 11.9. The Morgan fingerprint density at radius 1 is 0.667 bits per heavy atom. The zero-order valence-electron chi connectivity index (χ0n) is 11.7. The Balaban J connectivity index is 5.30. The predicted molar refractivity (Wildman–Crippen MR) is 76.5 cm³/mol. The molecule has 0 heterocycles. The van der Waals surface area contributed by atoms with Crippen molar-refractivity contribution in [3.05, 3.63) is 0 Å². The van der Waals surface area contributed by atoms with E-state index >= 15 is 0 Å². The minimum Gasteiger partial charge on any atom is -0.0652 e. The van der Waals surface area contributed by atoms with Gasteiger partial charge in [0, 0.05) is 0 Å². The molecule has 0 radical (unpaired) electrons. The van der Waals surface area contributed by atoms with Gasteiger partial charge < -0.3 is 0 Å². The van der Waals surface area contributed by atoms with Gasteiger partial charge in [0.05, 0.1) is 0 Å². The second-order valence-corrected chi connectivity index (χ2v) is 13.8. The van der Waals surface area contributed by atoms with Gasteiger partial charge in [-0.15, -0.1) is 0 Å². The summed E-state index contributed by atoms with van der Waals surface area (Å²) in [6, 6.07) is 4.52. The van der Waals surface area contributed by atoms with Gasteiger partial charge in [-0.2, -0.15) is 0 Å². The first-order valence-electron chi connectivity index (χ1n) is 6.86. The van der Waals surface area contributed by atoms with E-state index in [4.69, 9.17) is 0 Å². The van der Waals surface area contributed by atoms with E-state index in [1.165, 1.54) is 37.4 Å². The molecule has 2 heteroatoms. The maximum absolute atomic E-state index is 2.46. The third-order valence-corrected chi connectivity index (χ3v) is 17.2. The Morgan fingerprint density at radius 2 is 1.07 bits per heavy atom. The highest BCUT2D eigenvalue weighted by Gasteiger charge is 2.29. The van der Waals surface area contributed by atoms with Crippen LogP contribution in [0.2, 0.25) is 23.2 Å². The van der Waals surface area contributed by atoms with E-state index in [1.807, 2.05) is 0 Å². The first-order valence-corrected chi connectivity index (χ1v) is 11.5. The van der Waals surface area contributed by atoms with Crippen LogP contribution < -0.4 is 0 Å². The Labute approximate surface area is 100 Å². The maximum Gasteiger partial charge on any atom is -0.00582 e. The molecule has 0 aliphatic carbocycles. The van der Waals surface area contributed by atoms with Crippen molar-refractivity contribution in [1.82, 2.24) is 0 Å². The predicted octanol–water partition coefficient (Wildman–Crippen LogP) is 5.08. The van der Waals surface area contributed by atoms with E-state index < -0.39 is 0 Å². The van der Waals surface area contributed by atoms with Crippen LogP contribution in [0.4, 0.5) is 0 Å². The minimum atomic E-state index is -0.0725. The summed E-state index contributed by atoms with van der Waals surface area (Å²) in [6.07, 6.45) is 4.28. The fraction of sp³-hybridized carbons (Fsp3) is 1.00. The molecule has 0 fully saturated rings. The smallest absolute Gasteiger partial charge is 0.00582 e. The molecular formula is C13H30Si2. The van der Waals surface area contributed by atoms with Crippen LogP contribution in [-0.4, -0.2) is 15.8 Å². The fourth-order valence-corrected chi connectivity index (χ4v) is 15.6. The molecule has 0 atom stereocenters. The van der Waals surface area contributed by atoms with Crippen molar-refractivity contribution in [1.29, 1.82) is 0 Å². The average Bonchev–Trinajstić information content (AvgIpc) is 2.30. The molecule has 0 aromatic rings. The molecule has 0 aliphatic rings. The van der Waals surface area contributed by atoms with Crippen molar-refractivity contribution in [2.45, 2.75) is 84.0 Å². The van der Waals surface area contributed by atoms with E-state index in [2.05, 4.69) is 41.5 Å². The summed E-state index contributed by atoms with van der Waals surface area (Å²) < 4.78 is 0. The second-order valence-electron chi connectivity index (χ2n) is 4.48. The molecule has 0 nitrogen and oxygen atoms in total. The lowest BCUT2D eigenvalue weighted by atomic mass is 9.99. The lowest BCUT2D eigenvalue weighted by Crippen LogP contribution is -2.31. The van der Waals surface area contributed by atoms with Crippen molar-refractivity contribution >= 4 is 15.8 Å². The third kappa shape index (κ3) is 3.45. The first-order chi connectivity index (χ1) is 7.15. The van der Waals surface area contributed by atoms with Crippen molar-refractivity contribution in [2.75, 3.05) is 0 Å². The van der Waals surface area contributed by atoms with Gasteiger partial charge in [-0.3, -0.25) is 0 Å². The first kappa shape index (κ1) is 15.4. The van der Waals surface area contributed by atoms with Crippen LogP contribution in [0.15, 0.2) is 0 Å². The van der Waals surface area contributed by atoms with Gasteiger partial charge in [-0.05, 0) is 20.8 Å². The van der Waals surface area contributed by atoms with Crippen LogP contribution in [0.5, 0.6) is 0 Å². The molecule has 0 unspecified atom stereocenters. The van der Waals surface area contributed by atoms with Gasteiger partial charge in [-0.25, -0.2) is 0 Å². The Bertz CT molecular complexity index is 188. The largest absolute Gasteiger partial charge is 0.0652 e. The molecule has 0 rings (SSSR count). The molecule has 0 aliphatic heterocycles. The van der Waals surface area contributed by atoms with Crippen LogP contribution >= 0.6 is 0 Å². The summed E-state index contributed by atoms with van der Waals surface area (Å²) in [4.78, 5) is 0. The summed E-state index contributed by atoms with van der Waals surface area (Å²) >= 11 is 0. The highest BCUT2D eigenvalue weighted by atomic mass is 28.9. The normalized spacial score (nSPS) is 11.6. The van der Waals surface area contributed by atoms with E-state index in [0.717, 1.165) is 5.04 Å². The van der Waals surface area contributed by atoms with Gasteiger partial charge in [-0.1, -0.05) is 78.9 Å². The molecule has 0 N–H and O–H groups in total. The topological polar surface area (TPSA) is 0 Å². The van der Waals surface area contributed by atoms with Crippen molar-refractivity contribution < 1.29 is 0 Å². The minimum absolute atomic E-state index is 0.00325. The SMILES string of the molecule is CC[Si](CC)=[Si](CC)C(CC)(CC)CC. The Kier molecular flexibility index (Phi) is 7.89. The molecule has 0 saturated heterocycles. The molecule has 15 heavy (non-hydrogen) atoms. The zero-order valence-corrected chi connectivity index (χ0v) is 13.7. The lowest BCUT2D eigenvalue weighted by molar-refractivity contribution is 0.493. The van der Waals surface area contributed by atoms with E-state index in [0.29, 0.717) is 0 Å². The lowest BCUT2D eigenvalue weighted by Gasteiger charge is -2.35. The average molecular weight is 243 g/mol. The van der Waals surface area contributed by atoms with Crippen molar-refractivity contribution in [2.24, 2.45) is 0 Å². The van der Waals surface area contributed by atoms with Crippen LogP contribution in [0.3, 0.4) is 0 Å². The van der Waals surface area contributed by atoms with Crippen LogP contribution in [0.25, 0.3) is 0 Å². The molecule has 0 bridgehead atoms. The maximum atomic E-state index is 2.46. The van der Waals surface area contributed by atoms with Crippen LogP contribution in [0.1, 0.15) is 60.8 Å². The molecule has 0 aromatic heterocycles. The van der Waals surface area contributed by atoms with Gasteiger partial charge in [0.15, 0.2) is 0 Å². The van der Waals surface area contributed by atoms with Crippen LogP contribution in [-0.2, 0) is 0 Å². The van der Waals surface area contributed by atoms with E-state index in [1.54, 1.807) is 0 Å². The second kappa shape index (κ2) is 7.67. The van der Waals surface area contributed by atoms with E-state index in [-0.39, 0.29) is 15.8 Å². The Morgan fingerprint density at radius 3 is 1.27 bits per heavy atom. The molecule has 90 valence electrons. The summed E-state index contributed by atoms with van der Waals surface area (Å²) in [6.45, 7) is 14.6. The summed E-state index contributed by atoms with van der Waals surface area (Å²) in [5.41, 5.74) is 0. The highest BCUT2D eigenvalue weighted by molar-refractivity contribution is 6.97. The third-order valence-electron chi connectivity index (χ3n) is 4.30. The molecular weight excluding hydrogens is 212 g/mol. The number of hydrogen-bond acceptors (Lipinski definition) is 0. The molecule has 0 saturated carbocycles. The van der Waals surface area contributed by atoms with E-state index in [9.17, 15) is 0 Å². The fourth-order valence-electron chi connectivity index (χ4n) is 3.07. The Hall–Kier alpha value is 0.434.